The van der Waals surface area contributed by atoms with Crippen LogP contribution in [0.25, 0.3) is 0 Å². The highest BCUT2D eigenvalue weighted by molar-refractivity contribution is 5.75. The highest BCUT2D eigenvalue weighted by atomic mass is 16.4. The lowest BCUT2D eigenvalue weighted by Gasteiger charge is -2.60. The van der Waals surface area contributed by atoms with E-state index in [0.717, 1.165) is 42.9 Å². The van der Waals surface area contributed by atoms with Gasteiger partial charge in [-0.15, -0.1) is 0 Å². The molecule has 3 aliphatic carbocycles. The van der Waals surface area contributed by atoms with E-state index in [4.69, 9.17) is 0 Å². The van der Waals surface area contributed by atoms with Crippen molar-refractivity contribution >= 4 is 5.97 Å². The van der Waals surface area contributed by atoms with Gasteiger partial charge < -0.3 is 5.11 Å². The molecule has 0 amide bonds. The highest BCUT2D eigenvalue weighted by Gasteiger charge is 2.59. The first-order chi connectivity index (χ1) is 10.3. The average Bonchev–Trinajstić information content (AvgIpc) is 2.46. The van der Waals surface area contributed by atoms with Crippen LogP contribution in [0.2, 0.25) is 0 Å². The minimum absolute atomic E-state index is 0.274. The Balaban J connectivity index is 1.86. The molecule has 126 valence electrons. The maximum absolute atomic E-state index is 12.0. The molecular formula is C20H34O2. The van der Waals surface area contributed by atoms with E-state index in [1.807, 2.05) is 6.92 Å². The van der Waals surface area contributed by atoms with Crippen LogP contribution >= 0.6 is 0 Å². The number of rotatable bonds is 2. The lowest BCUT2D eigenvalue weighted by atomic mass is 9.43. The summed E-state index contributed by atoms with van der Waals surface area (Å²) in [5, 5.41) is 9.86. The van der Waals surface area contributed by atoms with Crippen LogP contribution < -0.4 is 0 Å². The Labute approximate surface area is 136 Å². The summed E-state index contributed by atoms with van der Waals surface area (Å²) in [4.78, 5) is 12.0. The van der Waals surface area contributed by atoms with Crippen molar-refractivity contribution in [3.8, 4) is 0 Å². The summed E-state index contributed by atoms with van der Waals surface area (Å²) in [6, 6.07) is 0. The zero-order valence-corrected chi connectivity index (χ0v) is 14.9. The number of fused-ring (bicyclic) bond motifs is 3. The van der Waals surface area contributed by atoms with E-state index in [2.05, 4.69) is 20.8 Å². The van der Waals surface area contributed by atoms with E-state index >= 15 is 0 Å². The van der Waals surface area contributed by atoms with Gasteiger partial charge in [0.05, 0.1) is 5.41 Å². The van der Waals surface area contributed by atoms with E-state index in [0.29, 0.717) is 5.92 Å². The molecule has 0 aromatic heterocycles. The van der Waals surface area contributed by atoms with Crippen LogP contribution in [0.1, 0.15) is 79.1 Å². The monoisotopic (exact) mass is 306 g/mol. The smallest absolute Gasteiger partial charge is 0.309 e. The first-order valence-electron chi connectivity index (χ1n) is 9.52. The van der Waals surface area contributed by atoms with Gasteiger partial charge in [0.2, 0.25) is 0 Å². The van der Waals surface area contributed by atoms with E-state index < -0.39 is 11.4 Å². The summed E-state index contributed by atoms with van der Waals surface area (Å²) in [6.07, 6.45) is 9.77. The summed E-state index contributed by atoms with van der Waals surface area (Å²) in [6.45, 7) is 9.24. The molecule has 2 nitrogen and oxygen atoms in total. The lowest BCUT2D eigenvalue weighted by molar-refractivity contribution is -0.173. The topological polar surface area (TPSA) is 37.3 Å². The maximum Gasteiger partial charge on any atom is 0.309 e. The standard InChI is InChI=1S/C20H34O2/c1-13(2)14-6-8-16-15(12-14)7-9-17-19(16,3)10-5-11-20(17,4)18(21)22/h13-17H,5-12H2,1-4H3,(H,21,22)/t14-,15-,16-,17+,19+,20+/m0/s1. The summed E-state index contributed by atoms with van der Waals surface area (Å²) in [5.41, 5.74) is -0.205. The molecule has 3 fully saturated rings. The van der Waals surface area contributed by atoms with Gasteiger partial charge in [0.1, 0.15) is 0 Å². The second kappa shape index (κ2) is 5.53. The summed E-state index contributed by atoms with van der Waals surface area (Å²) in [7, 11) is 0. The lowest BCUT2D eigenvalue weighted by Crippen LogP contribution is -2.56. The molecule has 1 N–H and O–H groups in total. The Morgan fingerprint density at radius 2 is 1.82 bits per heavy atom. The van der Waals surface area contributed by atoms with Crippen molar-refractivity contribution in [1.82, 2.24) is 0 Å². The molecule has 22 heavy (non-hydrogen) atoms. The minimum atomic E-state index is -0.544. The predicted molar refractivity (Wildman–Crippen MR) is 89.6 cm³/mol. The second-order valence-electron chi connectivity index (χ2n) is 9.40. The van der Waals surface area contributed by atoms with Crippen LogP contribution in [0.4, 0.5) is 0 Å². The first-order valence-corrected chi connectivity index (χ1v) is 9.52. The van der Waals surface area contributed by atoms with Crippen molar-refractivity contribution in [2.45, 2.75) is 79.1 Å². The van der Waals surface area contributed by atoms with Gasteiger partial charge in [-0.2, -0.15) is 0 Å². The molecule has 0 unspecified atom stereocenters. The molecule has 0 bridgehead atoms. The van der Waals surface area contributed by atoms with Crippen molar-refractivity contribution in [3.05, 3.63) is 0 Å². The van der Waals surface area contributed by atoms with Gasteiger partial charge >= 0.3 is 5.97 Å². The summed E-state index contributed by atoms with van der Waals surface area (Å²) in [5.74, 6) is 3.19. The van der Waals surface area contributed by atoms with E-state index in [9.17, 15) is 9.90 Å². The largest absolute Gasteiger partial charge is 0.481 e. The molecule has 0 spiro atoms. The third-order valence-electron chi connectivity index (χ3n) is 8.10. The number of carboxylic acids is 1. The Hall–Kier alpha value is -0.530. The first kappa shape index (κ1) is 16.3. The normalized spacial score (nSPS) is 48.6. The molecule has 0 saturated heterocycles. The van der Waals surface area contributed by atoms with Crippen LogP contribution in [-0.2, 0) is 4.79 Å². The van der Waals surface area contributed by atoms with Gasteiger partial charge in [0.15, 0.2) is 0 Å². The maximum atomic E-state index is 12.0. The van der Waals surface area contributed by atoms with Crippen molar-refractivity contribution in [1.29, 1.82) is 0 Å². The van der Waals surface area contributed by atoms with Gasteiger partial charge in [0.25, 0.3) is 0 Å². The van der Waals surface area contributed by atoms with Crippen LogP contribution in [0.3, 0.4) is 0 Å². The molecule has 0 aliphatic heterocycles. The van der Waals surface area contributed by atoms with Crippen LogP contribution in [0.15, 0.2) is 0 Å². The number of hydrogen-bond donors (Lipinski definition) is 1. The van der Waals surface area contributed by atoms with Gasteiger partial charge in [-0.05, 0) is 86.9 Å². The SMILES string of the molecule is CC(C)[C@H]1CC[C@H]2[C@@H](CC[C@@H]3[C@]2(C)CCC[C@@]3(C)C(=O)O)C1. The van der Waals surface area contributed by atoms with Gasteiger partial charge in [-0.1, -0.05) is 27.2 Å². The molecule has 3 saturated carbocycles. The van der Waals surface area contributed by atoms with Crippen LogP contribution in [0.5, 0.6) is 0 Å². The number of hydrogen-bond acceptors (Lipinski definition) is 1. The number of carbonyl (C=O) groups is 1. The zero-order chi connectivity index (χ0) is 16.1. The quantitative estimate of drug-likeness (QED) is 0.745. The molecule has 3 aliphatic rings. The fraction of sp³-hybridized carbons (Fsp3) is 0.950. The Morgan fingerprint density at radius 1 is 1.09 bits per heavy atom. The highest BCUT2D eigenvalue weighted by Crippen LogP contribution is 2.64. The molecular weight excluding hydrogens is 272 g/mol. The molecule has 0 radical (unpaired) electrons. The molecule has 0 aromatic rings. The fourth-order valence-electron chi connectivity index (χ4n) is 6.73. The van der Waals surface area contributed by atoms with E-state index in [1.165, 1.54) is 32.1 Å². The Morgan fingerprint density at radius 3 is 2.45 bits per heavy atom. The zero-order valence-electron chi connectivity index (χ0n) is 14.9. The van der Waals surface area contributed by atoms with E-state index in [-0.39, 0.29) is 5.41 Å². The van der Waals surface area contributed by atoms with Crippen LogP contribution in [-0.4, -0.2) is 11.1 Å². The minimum Gasteiger partial charge on any atom is -0.481 e. The van der Waals surface area contributed by atoms with Crippen molar-refractivity contribution in [2.24, 2.45) is 40.4 Å². The molecule has 0 heterocycles. The molecule has 0 aromatic carbocycles. The molecule has 6 atom stereocenters. The Kier molecular flexibility index (Phi) is 4.10. The van der Waals surface area contributed by atoms with Crippen molar-refractivity contribution in [3.63, 3.8) is 0 Å². The molecule has 2 heteroatoms. The molecule has 3 rings (SSSR count). The Bertz CT molecular complexity index is 443. The third kappa shape index (κ3) is 2.32. The second-order valence-corrected chi connectivity index (χ2v) is 9.40. The summed E-state index contributed by atoms with van der Waals surface area (Å²) >= 11 is 0. The van der Waals surface area contributed by atoms with Crippen LogP contribution in [0, 0.1) is 40.4 Å². The van der Waals surface area contributed by atoms with E-state index in [1.54, 1.807) is 0 Å². The van der Waals surface area contributed by atoms with Crippen molar-refractivity contribution in [2.75, 3.05) is 0 Å². The average molecular weight is 306 g/mol. The van der Waals surface area contributed by atoms with Gasteiger partial charge in [-0.3, -0.25) is 4.79 Å². The third-order valence-corrected chi connectivity index (χ3v) is 8.10. The van der Waals surface area contributed by atoms with Gasteiger partial charge in [-0.25, -0.2) is 0 Å². The number of aliphatic carboxylic acids is 1. The predicted octanol–water partition coefficient (Wildman–Crippen LogP) is 5.37. The number of carboxylic acid groups (broad SMARTS) is 1. The fourth-order valence-corrected chi connectivity index (χ4v) is 6.73. The van der Waals surface area contributed by atoms with Crippen molar-refractivity contribution < 1.29 is 9.90 Å². The summed E-state index contributed by atoms with van der Waals surface area (Å²) < 4.78 is 0. The van der Waals surface area contributed by atoms with Gasteiger partial charge in [0, 0.05) is 0 Å².